The lowest BCUT2D eigenvalue weighted by Crippen LogP contribution is -2.42. The Hall–Kier alpha value is -1.00. The van der Waals surface area contributed by atoms with Gasteiger partial charge in [-0.3, -0.25) is 4.90 Å². The first-order valence-corrected chi connectivity index (χ1v) is 7.48. The minimum absolute atomic E-state index is 0.0761. The number of hydrogen-bond donors (Lipinski definition) is 1. The quantitative estimate of drug-likeness (QED) is 0.889. The van der Waals surface area contributed by atoms with Crippen LogP contribution in [0.4, 0.5) is 8.78 Å². The summed E-state index contributed by atoms with van der Waals surface area (Å²) in [5.74, 6) is -0.672. The molecule has 1 fully saturated rings. The highest BCUT2D eigenvalue weighted by Gasteiger charge is 2.28. The van der Waals surface area contributed by atoms with E-state index in [9.17, 15) is 8.78 Å². The standard InChI is InChI=1S/C16H24F2N2/c1-12(15-11-13(17)6-7-16(15)18)20-10-4-3-5-14(20)8-9-19-2/h6-7,11-12,14,19H,3-5,8-10H2,1-2H3. The first-order chi connectivity index (χ1) is 9.63. The Morgan fingerprint density at radius 1 is 1.35 bits per heavy atom. The van der Waals surface area contributed by atoms with Gasteiger partial charge in [0.1, 0.15) is 11.6 Å². The highest BCUT2D eigenvalue weighted by molar-refractivity contribution is 5.22. The van der Waals surface area contributed by atoms with Gasteiger partial charge in [-0.05, 0) is 64.5 Å². The third-order valence-electron chi connectivity index (χ3n) is 4.31. The van der Waals surface area contributed by atoms with E-state index in [1.54, 1.807) is 0 Å². The van der Waals surface area contributed by atoms with Crippen LogP contribution in [0.25, 0.3) is 0 Å². The van der Waals surface area contributed by atoms with Gasteiger partial charge in [0.2, 0.25) is 0 Å². The number of likely N-dealkylation sites (tertiary alicyclic amines) is 1. The fourth-order valence-corrected chi connectivity index (χ4v) is 3.17. The van der Waals surface area contributed by atoms with E-state index in [4.69, 9.17) is 0 Å². The third-order valence-corrected chi connectivity index (χ3v) is 4.31. The predicted octanol–water partition coefficient (Wildman–Crippen LogP) is 3.49. The Balaban J connectivity index is 2.16. The van der Waals surface area contributed by atoms with Crippen LogP contribution >= 0.6 is 0 Å². The van der Waals surface area contributed by atoms with E-state index in [1.807, 2.05) is 14.0 Å². The van der Waals surface area contributed by atoms with Gasteiger partial charge in [0.05, 0.1) is 0 Å². The van der Waals surface area contributed by atoms with E-state index < -0.39 is 0 Å². The Labute approximate surface area is 120 Å². The Morgan fingerprint density at radius 3 is 2.90 bits per heavy atom. The molecular weight excluding hydrogens is 258 g/mol. The van der Waals surface area contributed by atoms with Gasteiger partial charge in [-0.15, -0.1) is 0 Å². The number of benzene rings is 1. The molecular formula is C16H24F2N2. The SMILES string of the molecule is CNCCC1CCCCN1C(C)c1cc(F)ccc1F. The van der Waals surface area contributed by atoms with Gasteiger partial charge in [0, 0.05) is 17.6 Å². The molecule has 20 heavy (non-hydrogen) atoms. The number of hydrogen-bond acceptors (Lipinski definition) is 2. The summed E-state index contributed by atoms with van der Waals surface area (Å²) in [6.45, 7) is 3.90. The molecule has 0 amide bonds. The van der Waals surface area contributed by atoms with Crippen LogP contribution in [-0.4, -0.2) is 31.1 Å². The Bertz CT molecular complexity index is 436. The normalized spacial score (nSPS) is 21.9. The fourth-order valence-electron chi connectivity index (χ4n) is 3.17. The monoisotopic (exact) mass is 282 g/mol. The summed E-state index contributed by atoms with van der Waals surface area (Å²) in [5.41, 5.74) is 0.473. The van der Waals surface area contributed by atoms with Gasteiger partial charge in [-0.1, -0.05) is 6.42 Å². The lowest BCUT2D eigenvalue weighted by atomic mass is 9.95. The maximum atomic E-state index is 13.9. The molecule has 0 bridgehead atoms. The first kappa shape index (κ1) is 15.4. The van der Waals surface area contributed by atoms with Crippen molar-refractivity contribution in [3.05, 3.63) is 35.4 Å². The molecule has 0 spiro atoms. The number of piperidine rings is 1. The second-order valence-corrected chi connectivity index (χ2v) is 5.62. The number of nitrogens with one attached hydrogen (secondary N) is 1. The molecule has 4 heteroatoms. The molecule has 1 N–H and O–H groups in total. The lowest BCUT2D eigenvalue weighted by molar-refractivity contribution is 0.0952. The van der Waals surface area contributed by atoms with E-state index in [2.05, 4.69) is 10.2 Å². The van der Waals surface area contributed by atoms with E-state index in [0.717, 1.165) is 32.4 Å². The molecule has 0 saturated carbocycles. The summed E-state index contributed by atoms with van der Waals surface area (Å²) >= 11 is 0. The Morgan fingerprint density at radius 2 is 2.15 bits per heavy atom. The van der Waals surface area contributed by atoms with Crippen molar-refractivity contribution >= 4 is 0 Å². The maximum Gasteiger partial charge on any atom is 0.128 e. The van der Waals surface area contributed by atoms with Gasteiger partial charge in [0.15, 0.2) is 0 Å². The van der Waals surface area contributed by atoms with Crippen LogP contribution < -0.4 is 5.32 Å². The van der Waals surface area contributed by atoms with Crippen molar-refractivity contribution in [2.75, 3.05) is 20.1 Å². The van der Waals surface area contributed by atoms with Gasteiger partial charge >= 0.3 is 0 Å². The molecule has 1 aliphatic heterocycles. The smallest absolute Gasteiger partial charge is 0.128 e. The van der Waals surface area contributed by atoms with Gasteiger partial charge in [-0.25, -0.2) is 8.78 Å². The van der Waals surface area contributed by atoms with Crippen molar-refractivity contribution in [2.45, 2.75) is 44.7 Å². The number of nitrogens with zero attached hydrogens (tertiary/aromatic N) is 1. The molecule has 1 aromatic rings. The number of rotatable bonds is 5. The second kappa shape index (κ2) is 7.14. The van der Waals surface area contributed by atoms with Crippen LogP contribution in [0.15, 0.2) is 18.2 Å². The van der Waals surface area contributed by atoms with Crippen molar-refractivity contribution in [3.63, 3.8) is 0 Å². The molecule has 0 radical (unpaired) electrons. The molecule has 0 aliphatic carbocycles. The highest BCUT2D eigenvalue weighted by Crippen LogP contribution is 2.31. The van der Waals surface area contributed by atoms with Crippen LogP contribution in [0.1, 0.15) is 44.2 Å². The maximum absolute atomic E-state index is 13.9. The fraction of sp³-hybridized carbons (Fsp3) is 0.625. The minimum Gasteiger partial charge on any atom is -0.320 e. The van der Waals surface area contributed by atoms with E-state index in [0.29, 0.717) is 11.6 Å². The van der Waals surface area contributed by atoms with Gasteiger partial charge in [-0.2, -0.15) is 0 Å². The molecule has 0 aromatic heterocycles. The number of halogens is 2. The Kier molecular flexibility index (Phi) is 5.49. The summed E-state index contributed by atoms with van der Waals surface area (Å²) in [7, 11) is 1.95. The molecule has 2 nitrogen and oxygen atoms in total. The highest BCUT2D eigenvalue weighted by atomic mass is 19.1. The zero-order valence-corrected chi connectivity index (χ0v) is 12.3. The van der Waals surface area contributed by atoms with Crippen LogP contribution in [0.3, 0.4) is 0 Å². The average molecular weight is 282 g/mol. The molecule has 1 aliphatic rings. The van der Waals surface area contributed by atoms with Crippen LogP contribution in [0.2, 0.25) is 0 Å². The summed E-state index contributed by atoms with van der Waals surface area (Å²) in [5, 5.41) is 3.17. The van der Waals surface area contributed by atoms with Crippen molar-refractivity contribution in [1.29, 1.82) is 0 Å². The van der Waals surface area contributed by atoms with Crippen LogP contribution in [0, 0.1) is 11.6 Å². The molecule has 1 saturated heterocycles. The van der Waals surface area contributed by atoms with E-state index in [-0.39, 0.29) is 17.7 Å². The zero-order chi connectivity index (χ0) is 14.5. The van der Waals surface area contributed by atoms with Crippen molar-refractivity contribution in [3.8, 4) is 0 Å². The zero-order valence-electron chi connectivity index (χ0n) is 12.3. The predicted molar refractivity (Wildman–Crippen MR) is 77.7 cm³/mol. The van der Waals surface area contributed by atoms with E-state index in [1.165, 1.54) is 24.6 Å². The van der Waals surface area contributed by atoms with Crippen molar-refractivity contribution in [2.24, 2.45) is 0 Å². The third kappa shape index (κ3) is 3.55. The lowest BCUT2D eigenvalue weighted by Gasteiger charge is -2.40. The first-order valence-electron chi connectivity index (χ1n) is 7.48. The van der Waals surface area contributed by atoms with E-state index >= 15 is 0 Å². The molecule has 2 atom stereocenters. The topological polar surface area (TPSA) is 15.3 Å². The van der Waals surface area contributed by atoms with Gasteiger partial charge in [0.25, 0.3) is 0 Å². The van der Waals surface area contributed by atoms with Gasteiger partial charge < -0.3 is 5.32 Å². The average Bonchev–Trinajstić information content (AvgIpc) is 2.47. The minimum atomic E-state index is -0.364. The summed E-state index contributed by atoms with van der Waals surface area (Å²) in [4.78, 5) is 2.33. The van der Waals surface area contributed by atoms with Crippen molar-refractivity contribution < 1.29 is 8.78 Å². The largest absolute Gasteiger partial charge is 0.320 e. The molecule has 1 heterocycles. The molecule has 2 rings (SSSR count). The summed E-state index contributed by atoms with van der Waals surface area (Å²) in [6.07, 6.45) is 4.56. The second-order valence-electron chi connectivity index (χ2n) is 5.62. The molecule has 1 aromatic carbocycles. The molecule has 112 valence electrons. The van der Waals surface area contributed by atoms with Crippen LogP contribution in [0.5, 0.6) is 0 Å². The van der Waals surface area contributed by atoms with Crippen LogP contribution in [-0.2, 0) is 0 Å². The summed E-state index contributed by atoms with van der Waals surface area (Å²) < 4.78 is 27.3. The summed E-state index contributed by atoms with van der Waals surface area (Å²) in [6, 6.07) is 4.12. The van der Waals surface area contributed by atoms with Crippen molar-refractivity contribution in [1.82, 2.24) is 10.2 Å². The molecule has 2 unspecified atom stereocenters.